The quantitative estimate of drug-likeness (QED) is 0.550. The average molecular weight is 481 g/mol. The fourth-order valence-electron chi connectivity index (χ4n) is 4.04. The van der Waals surface area contributed by atoms with Gasteiger partial charge in [-0.3, -0.25) is 0 Å². The van der Waals surface area contributed by atoms with Crippen LogP contribution in [0.2, 0.25) is 0 Å². The number of nitrogens with one attached hydrogen (secondary N) is 1. The van der Waals surface area contributed by atoms with Gasteiger partial charge in [0, 0.05) is 43.6 Å². The molecule has 0 atom stereocenters. The summed E-state index contributed by atoms with van der Waals surface area (Å²) >= 11 is 0. The molecule has 1 aliphatic heterocycles. The number of hydrogen-bond donors (Lipinski definition) is 2. The SMILES string of the molecule is CCOc1cc(-c2ccc(N3CCC(NC(=O)OC(C)C)CC3)nc2)c2c(C#N)cnn2c1.CO. The second-order valence-corrected chi connectivity index (χ2v) is 8.25. The Morgan fingerprint density at radius 1 is 1.29 bits per heavy atom. The molecule has 186 valence electrons. The highest BCUT2D eigenvalue weighted by atomic mass is 16.6. The number of alkyl carbamates (subject to hydrolysis) is 1. The Morgan fingerprint density at radius 2 is 2.03 bits per heavy atom. The molecule has 0 aliphatic carbocycles. The topological polar surface area (TPSA) is 125 Å². The number of rotatable bonds is 6. The third-order valence-corrected chi connectivity index (χ3v) is 5.56. The molecular weight excluding hydrogens is 448 g/mol. The van der Waals surface area contributed by atoms with Crippen LogP contribution in [0.5, 0.6) is 5.75 Å². The maximum atomic E-state index is 11.8. The first kappa shape index (κ1) is 25.8. The Labute approximate surface area is 205 Å². The first-order valence-electron chi connectivity index (χ1n) is 11.7. The number of nitriles is 1. The minimum Gasteiger partial charge on any atom is -0.492 e. The van der Waals surface area contributed by atoms with Gasteiger partial charge in [0.1, 0.15) is 17.6 Å². The highest BCUT2D eigenvalue weighted by Gasteiger charge is 2.22. The summed E-state index contributed by atoms with van der Waals surface area (Å²) in [5.41, 5.74) is 2.97. The number of aromatic nitrogens is 3. The molecule has 0 unspecified atom stereocenters. The molecule has 3 aromatic heterocycles. The van der Waals surface area contributed by atoms with Crippen LogP contribution in [0.25, 0.3) is 16.6 Å². The van der Waals surface area contributed by atoms with Gasteiger partial charge in [-0.1, -0.05) is 0 Å². The van der Waals surface area contributed by atoms with Gasteiger partial charge in [-0.2, -0.15) is 10.4 Å². The zero-order valence-electron chi connectivity index (χ0n) is 20.6. The number of carbonyl (C=O) groups is 1. The van der Waals surface area contributed by atoms with Crippen LogP contribution in [-0.2, 0) is 4.74 Å². The molecule has 1 saturated heterocycles. The first-order valence-corrected chi connectivity index (χ1v) is 11.7. The largest absolute Gasteiger partial charge is 0.492 e. The van der Waals surface area contributed by atoms with Crippen molar-refractivity contribution in [2.24, 2.45) is 0 Å². The van der Waals surface area contributed by atoms with E-state index in [-0.39, 0.29) is 18.2 Å². The maximum absolute atomic E-state index is 11.8. The van der Waals surface area contributed by atoms with E-state index in [1.165, 1.54) is 0 Å². The fraction of sp³-hybridized carbons (Fsp3) is 0.440. The first-order chi connectivity index (χ1) is 17.0. The molecule has 3 aromatic rings. The number of aliphatic hydroxyl groups is 1. The molecule has 0 spiro atoms. The molecule has 1 aliphatic rings. The van der Waals surface area contributed by atoms with E-state index in [0.29, 0.717) is 17.9 Å². The normalized spacial score (nSPS) is 13.7. The summed E-state index contributed by atoms with van der Waals surface area (Å²) in [4.78, 5) is 18.7. The number of pyridine rings is 2. The molecule has 10 heteroatoms. The fourth-order valence-corrected chi connectivity index (χ4v) is 4.04. The standard InChI is InChI=1S/C24H28N6O3.CH4O/c1-4-32-20-11-21(23-18(12-25)14-27-30(23)15-20)17-5-6-22(26-13-17)29-9-7-19(8-10-29)28-24(31)33-16(2)3;1-2/h5-6,11,13-16,19H,4,7-10H2,1-3H3,(H,28,31);2H,1H3. The lowest BCUT2D eigenvalue weighted by Gasteiger charge is -2.33. The van der Waals surface area contributed by atoms with E-state index >= 15 is 0 Å². The van der Waals surface area contributed by atoms with E-state index in [1.807, 2.05) is 45.2 Å². The highest BCUT2D eigenvalue weighted by Crippen LogP contribution is 2.31. The van der Waals surface area contributed by atoms with E-state index in [2.05, 4.69) is 26.4 Å². The number of nitrogens with zero attached hydrogens (tertiary/aromatic N) is 5. The average Bonchev–Trinajstić information content (AvgIpc) is 3.28. The summed E-state index contributed by atoms with van der Waals surface area (Å²) in [6, 6.07) is 8.23. The maximum Gasteiger partial charge on any atom is 0.407 e. The van der Waals surface area contributed by atoms with Crippen molar-refractivity contribution in [2.45, 2.75) is 45.8 Å². The molecule has 0 radical (unpaired) electrons. The number of anilines is 1. The lowest BCUT2D eigenvalue weighted by molar-refractivity contribution is 0.111. The number of ether oxygens (including phenoxy) is 2. The minimum absolute atomic E-state index is 0.104. The third kappa shape index (κ3) is 6.19. The van der Waals surface area contributed by atoms with Gasteiger partial charge in [-0.25, -0.2) is 14.3 Å². The lowest BCUT2D eigenvalue weighted by Crippen LogP contribution is -2.45. The second kappa shape index (κ2) is 12.0. The van der Waals surface area contributed by atoms with E-state index in [0.717, 1.165) is 55.5 Å². The summed E-state index contributed by atoms with van der Waals surface area (Å²) in [5.74, 6) is 1.56. The number of fused-ring (bicyclic) bond motifs is 1. The number of piperidine rings is 1. The van der Waals surface area contributed by atoms with Gasteiger partial charge in [-0.05, 0) is 51.8 Å². The van der Waals surface area contributed by atoms with Gasteiger partial charge in [0.25, 0.3) is 0 Å². The van der Waals surface area contributed by atoms with Crippen molar-refractivity contribution in [3.63, 3.8) is 0 Å². The van der Waals surface area contributed by atoms with Crippen molar-refractivity contribution < 1.29 is 19.4 Å². The van der Waals surface area contributed by atoms with Crippen molar-refractivity contribution in [1.82, 2.24) is 19.9 Å². The van der Waals surface area contributed by atoms with E-state index in [9.17, 15) is 10.1 Å². The van der Waals surface area contributed by atoms with Crippen LogP contribution in [-0.4, -0.2) is 64.7 Å². The van der Waals surface area contributed by atoms with Crippen molar-refractivity contribution in [1.29, 1.82) is 5.26 Å². The summed E-state index contributed by atoms with van der Waals surface area (Å²) in [5, 5.41) is 23.7. The Balaban J connectivity index is 0.00000167. The predicted molar refractivity (Wildman–Crippen MR) is 132 cm³/mol. The smallest absolute Gasteiger partial charge is 0.407 e. The van der Waals surface area contributed by atoms with Crippen LogP contribution in [0.1, 0.15) is 39.2 Å². The molecule has 4 rings (SSSR count). The van der Waals surface area contributed by atoms with Crippen LogP contribution < -0.4 is 15.0 Å². The Kier molecular flexibility index (Phi) is 8.86. The molecular formula is C25H32N6O4. The summed E-state index contributed by atoms with van der Waals surface area (Å²) in [7, 11) is 1.00. The van der Waals surface area contributed by atoms with Gasteiger partial charge >= 0.3 is 6.09 Å². The molecule has 0 saturated carbocycles. The molecule has 1 fully saturated rings. The Morgan fingerprint density at radius 3 is 2.63 bits per heavy atom. The van der Waals surface area contributed by atoms with Crippen molar-refractivity contribution in [3.05, 3.63) is 42.4 Å². The van der Waals surface area contributed by atoms with Crippen LogP contribution in [0.4, 0.5) is 10.6 Å². The summed E-state index contributed by atoms with van der Waals surface area (Å²) in [6.07, 6.45) is 6.33. The van der Waals surface area contributed by atoms with Crippen LogP contribution in [0.3, 0.4) is 0 Å². The zero-order chi connectivity index (χ0) is 25.4. The van der Waals surface area contributed by atoms with Crippen LogP contribution in [0.15, 0.2) is 36.8 Å². The molecule has 4 heterocycles. The Bertz CT molecular complexity index is 1160. The van der Waals surface area contributed by atoms with Gasteiger partial charge in [0.15, 0.2) is 0 Å². The van der Waals surface area contributed by atoms with Crippen molar-refractivity contribution >= 4 is 17.4 Å². The van der Waals surface area contributed by atoms with E-state index < -0.39 is 0 Å². The van der Waals surface area contributed by atoms with Crippen molar-refractivity contribution in [2.75, 3.05) is 31.7 Å². The second-order valence-electron chi connectivity index (χ2n) is 8.25. The van der Waals surface area contributed by atoms with Gasteiger partial charge in [0.2, 0.25) is 0 Å². The van der Waals surface area contributed by atoms with Crippen LogP contribution >= 0.6 is 0 Å². The molecule has 35 heavy (non-hydrogen) atoms. The lowest BCUT2D eigenvalue weighted by atomic mass is 10.0. The van der Waals surface area contributed by atoms with Crippen LogP contribution in [0, 0.1) is 11.3 Å². The number of hydrogen-bond acceptors (Lipinski definition) is 8. The van der Waals surface area contributed by atoms with E-state index in [4.69, 9.17) is 14.6 Å². The van der Waals surface area contributed by atoms with E-state index in [1.54, 1.807) is 16.9 Å². The zero-order valence-corrected chi connectivity index (χ0v) is 20.6. The van der Waals surface area contributed by atoms with Gasteiger partial charge < -0.3 is 24.8 Å². The number of carbonyl (C=O) groups excluding carboxylic acids is 1. The number of amides is 1. The highest BCUT2D eigenvalue weighted by molar-refractivity contribution is 5.85. The molecule has 0 aromatic carbocycles. The number of aliphatic hydroxyl groups excluding tert-OH is 1. The summed E-state index contributed by atoms with van der Waals surface area (Å²) < 4.78 is 12.5. The molecule has 1 amide bonds. The summed E-state index contributed by atoms with van der Waals surface area (Å²) in [6.45, 7) is 7.73. The molecule has 10 nitrogen and oxygen atoms in total. The molecule has 2 N–H and O–H groups in total. The molecule has 0 bridgehead atoms. The monoisotopic (exact) mass is 480 g/mol. The Hall–Kier alpha value is -3.84. The van der Waals surface area contributed by atoms with Gasteiger partial charge in [0.05, 0.1) is 36.2 Å². The van der Waals surface area contributed by atoms with Gasteiger partial charge in [-0.15, -0.1) is 0 Å². The predicted octanol–water partition coefficient (Wildman–Crippen LogP) is 3.38. The van der Waals surface area contributed by atoms with Crippen molar-refractivity contribution in [3.8, 4) is 22.9 Å². The third-order valence-electron chi connectivity index (χ3n) is 5.56. The minimum atomic E-state index is -0.358.